The molecule has 1 saturated carbocycles. The largest absolute Gasteiger partial charge is 0.495 e. The summed E-state index contributed by atoms with van der Waals surface area (Å²) >= 11 is 6.13. The number of ether oxygens (including phenoxy) is 2. The van der Waals surface area contributed by atoms with E-state index < -0.39 is 0 Å². The lowest BCUT2D eigenvalue weighted by atomic mass is 9.84. The summed E-state index contributed by atoms with van der Waals surface area (Å²) in [5.74, 6) is 1.01. The van der Waals surface area contributed by atoms with Crippen molar-refractivity contribution in [1.29, 1.82) is 0 Å². The van der Waals surface area contributed by atoms with Crippen LogP contribution in [-0.2, 0) is 4.74 Å². The van der Waals surface area contributed by atoms with Crippen molar-refractivity contribution in [2.75, 3.05) is 25.6 Å². The van der Waals surface area contributed by atoms with Gasteiger partial charge < -0.3 is 20.5 Å². The molecule has 1 aromatic rings. The SMILES string of the molecule is CCCOC1(CN=C(N)Nc2ccc(OC)c(Cl)c2)CCCCC1.I. The molecule has 142 valence electrons. The highest BCUT2D eigenvalue weighted by Crippen LogP contribution is 2.32. The molecule has 7 heteroatoms. The molecule has 1 aliphatic rings. The molecular formula is C18H29ClIN3O2. The Balaban J connectivity index is 0.00000312. The van der Waals surface area contributed by atoms with Crippen molar-refractivity contribution in [1.82, 2.24) is 0 Å². The normalized spacial score (nSPS) is 16.8. The van der Waals surface area contributed by atoms with Gasteiger partial charge in [0, 0.05) is 12.3 Å². The number of halogens is 2. The van der Waals surface area contributed by atoms with Crippen LogP contribution in [0.2, 0.25) is 5.02 Å². The summed E-state index contributed by atoms with van der Waals surface area (Å²) in [7, 11) is 1.59. The topological polar surface area (TPSA) is 68.9 Å². The Morgan fingerprint density at radius 3 is 2.64 bits per heavy atom. The monoisotopic (exact) mass is 481 g/mol. The number of anilines is 1. The molecule has 0 saturated heterocycles. The van der Waals surface area contributed by atoms with Gasteiger partial charge in [0.1, 0.15) is 5.75 Å². The molecule has 25 heavy (non-hydrogen) atoms. The molecule has 1 aromatic carbocycles. The van der Waals surface area contributed by atoms with E-state index in [1.165, 1.54) is 19.3 Å². The number of aliphatic imine (C=N–C) groups is 1. The first kappa shape index (κ1) is 22.3. The van der Waals surface area contributed by atoms with Gasteiger partial charge in [0.05, 0.1) is 24.3 Å². The Bertz CT molecular complexity index is 563. The van der Waals surface area contributed by atoms with Gasteiger partial charge in [-0.05, 0) is 37.5 Å². The van der Waals surface area contributed by atoms with Crippen molar-refractivity contribution >= 4 is 47.2 Å². The minimum atomic E-state index is -0.155. The Kier molecular flexibility index (Phi) is 9.89. The lowest BCUT2D eigenvalue weighted by Crippen LogP contribution is -2.39. The highest BCUT2D eigenvalue weighted by molar-refractivity contribution is 14.0. The first-order valence-corrected chi connectivity index (χ1v) is 9.01. The molecule has 0 bridgehead atoms. The number of nitrogens with zero attached hydrogens (tertiary/aromatic N) is 1. The van der Waals surface area contributed by atoms with Crippen molar-refractivity contribution in [3.05, 3.63) is 23.2 Å². The standard InChI is InChI=1S/C18H28ClN3O2.HI/c1-3-11-24-18(9-5-4-6-10-18)13-21-17(20)22-14-7-8-16(23-2)15(19)12-14;/h7-8,12H,3-6,9-11,13H2,1-2H3,(H3,20,21,22);1H. The number of methoxy groups -OCH3 is 1. The van der Waals surface area contributed by atoms with E-state index in [0.29, 0.717) is 23.3 Å². The summed E-state index contributed by atoms with van der Waals surface area (Å²) in [6, 6.07) is 5.43. The zero-order valence-corrected chi connectivity index (χ0v) is 18.1. The van der Waals surface area contributed by atoms with Gasteiger partial charge in [-0.2, -0.15) is 0 Å². The third kappa shape index (κ3) is 6.83. The predicted molar refractivity (Wildman–Crippen MR) is 116 cm³/mol. The molecule has 0 heterocycles. The maximum absolute atomic E-state index is 6.14. The van der Waals surface area contributed by atoms with E-state index in [9.17, 15) is 0 Å². The molecule has 0 spiro atoms. The predicted octanol–water partition coefficient (Wildman–Crippen LogP) is 4.82. The molecule has 0 aliphatic heterocycles. The maximum atomic E-state index is 6.14. The van der Waals surface area contributed by atoms with Gasteiger partial charge >= 0.3 is 0 Å². The van der Waals surface area contributed by atoms with Crippen LogP contribution in [0.15, 0.2) is 23.2 Å². The van der Waals surface area contributed by atoms with Crippen molar-refractivity contribution < 1.29 is 9.47 Å². The van der Waals surface area contributed by atoms with E-state index in [2.05, 4.69) is 17.2 Å². The van der Waals surface area contributed by atoms with Crippen molar-refractivity contribution in [3.8, 4) is 5.75 Å². The average Bonchev–Trinajstić information content (AvgIpc) is 2.59. The van der Waals surface area contributed by atoms with E-state index >= 15 is 0 Å². The lowest BCUT2D eigenvalue weighted by Gasteiger charge is -2.36. The van der Waals surface area contributed by atoms with Crippen LogP contribution in [0.1, 0.15) is 45.4 Å². The lowest BCUT2D eigenvalue weighted by molar-refractivity contribution is -0.0624. The Morgan fingerprint density at radius 2 is 2.04 bits per heavy atom. The molecule has 0 atom stereocenters. The van der Waals surface area contributed by atoms with E-state index in [0.717, 1.165) is 31.6 Å². The number of hydrogen-bond acceptors (Lipinski definition) is 3. The fourth-order valence-corrected chi connectivity index (χ4v) is 3.28. The molecule has 0 amide bonds. The van der Waals surface area contributed by atoms with Gasteiger partial charge in [0.15, 0.2) is 5.96 Å². The zero-order chi connectivity index (χ0) is 17.4. The van der Waals surface area contributed by atoms with Gasteiger partial charge in [-0.1, -0.05) is 37.8 Å². The van der Waals surface area contributed by atoms with E-state index in [1.807, 2.05) is 6.07 Å². The van der Waals surface area contributed by atoms with Crippen LogP contribution in [0.4, 0.5) is 5.69 Å². The van der Waals surface area contributed by atoms with Crippen molar-refractivity contribution in [3.63, 3.8) is 0 Å². The van der Waals surface area contributed by atoms with E-state index in [4.69, 9.17) is 26.8 Å². The van der Waals surface area contributed by atoms with Gasteiger partial charge in [-0.15, -0.1) is 24.0 Å². The van der Waals surface area contributed by atoms with Gasteiger partial charge in [-0.25, -0.2) is 0 Å². The number of rotatable bonds is 7. The Hall–Kier alpha value is -0.730. The second-order valence-electron chi connectivity index (χ2n) is 6.27. The fourth-order valence-electron chi connectivity index (χ4n) is 3.02. The summed E-state index contributed by atoms with van der Waals surface area (Å²) < 4.78 is 11.3. The minimum absolute atomic E-state index is 0. The molecular weight excluding hydrogens is 453 g/mol. The summed E-state index contributed by atoms with van der Waals surface area (Å²) in [4.78, 5) is 4.52. The number of nitrogens with one attached hydrogen (secondary N) is 1. The minimum Gasteiger partial charge on any atom is -0.495 e. The summed E-state index contributed by atoms with van der Waals surface area (Å²) in [6.45, 7) is 3.50. The summed E-state index contributed by atoms with van der Waals surface area (Å²) in [5.41, 5.74) is 6.67. The number of benzene rings is 1. The maximum Gasteiger partial charge on any atom is 0.193 e. The van der Waals surface area contributed by atoms with Crippen LogP contribution in [0.5, 0.6) is 5.75 Å². The highest BCUT2D eigenvalue weighted by atomic mass is 127. The Morgan fingerprint density at radius 1 is 1.32 bits per heavy atom. The smallest absolute Gasteiger partial charge is 0.193 e. The quantitative estimate of drug-likeness (QED) is 0.333. The van der Waals surface area contributed by atoms with Crippen LogP contribution in [0.25, 0.3) is 0 Å². The van der Waals surface area contributed by atoms with Crippen LogP contribution < -0.4 is 15.8 Å². The molecule has 0 unspecified atom stereocenters. The first-order valence-electron chi connectivity index (χ1n) is 8.63. The second kappa shape index (κ2) is 11.1. The molecule has 3 N–H and O–H groups in total. The van der Waals surface area contributed by atoms with Gasteiger partial charge in [-0.3, -0.25) is 4.99 Å². The molecule has 0 radical (unpaired) electrons. The molecule has 1 aliphatic carbocycles. The van der Waals surface area contributed by atoms with Crippen LogP contribution in [-0.4, -0.2) is 31.8 Å². The number of nitrogens with two attached hydrogens (primary N) is 1. The van der Waals surface area contributed by atoms with E-state index in [-0.39, 0.29) is 29.6 Å². The average molecular weight is 482 g/mol. The van der Waals surface area contributed by atoms with Crippen LogP contribution >= 0.6 is 35.6 Å². The molecule has 5 nitrogen and oxygen atoms in total. The number of hydrogen-bond donors (Lipinski definition) is 2. The van der Waals surface area contributed by atoms with Gasteiger partial charge in [0.25, 0.3) is 0 Å². The zero-order valence-electron chi connectivity index (χ0n) is 15.0. The van der Waals surface area contributed by atoms with Crippen LogP contribution in [0.3, 0.4) is 0 Å². The Labute approximate surface area is 172 Å². The highest BCUT2D eigenvalue weighted by Gasteiger charge is 2.32. The fraction of sp³-hybridized carbons (Fsp3) is 0.611. The van der Waals surface area contributed by atoms with Crippen molar-refractivity contribution in [2.45, 2.75) is 51.0 Å². The first-order chi connectivity index (χ1) is 11.6. The van der Waals surface area contributed by atoms with Crippen molar-refractivity contribution in [2.24, 2.45) is 10.7 Å². The third-order valence-electron chi connectivity index (χ3n) is 4.34. The molecule has 1 fully saturated rings. The molecule has 2 rings (SSSR count). The summed E-state index contributed by atoms with van der Waals surface area (Å²) in [5, 5.41) is 3.61. The van der Waals surface area contributed by atoms with Gasteiger partial charge in [0.2, 0.25) is 0 Å². The second-order valence-corrected chi connectivity index (χ2v) is 6.68. The number of guanidine groups is 1. The van der Waals surface area contributed by atoms with Crippen LogP contribution in [0, 0.1) is 0 Å². The molecule has 0 aromatic heterocycles. The van der Waals surface area contributed by atoms with E-state index in [1.54, 1.807) is 19.2 Å². The summed E-state index contributed by atoms with van der Waals surface area (Å²) in [6.07, 6.45) is 6.79. The third-order valence-corrected chi connectivity index (χ3v) is 4.63.